The average molecular weight is 519 g/mol. The van der Waals surface area contributed by atoms with Crippen LogP contribution < -0.4 is 27.7 Å². The predicted octanol–water partition coefficient (Wildman–Crippen LogP) is 0.300. The molecule has 12 nitrogen and oxygen atoms in total. The molecule has 1 aromatic heterocycles. The maximum absolute atomic E-state index is 13.7. The third-order valence-corrected chi connectivity index (χ3v) is 4.13. The number of aliphatic carboxylic acids is 1. The van der Waals surface area contributed by atoms with Gasteiger partial charge in [0.25, 0.3) is 5.56 Å². The number of hydrogen-bond acceptors (Lipinski definition) is 7. The summed E-state index contributed by atoms with van der Waals surface area (Å²) >= 11 is 0. The number of oxime groups is 1. The molecule has 198 valence electrons. The van der Waals surface area contributed by atoms with E-state index in [9.17, 15) is 27.2 Å². The van der Waals surface area contributed by atoms with E-state index in [0.29, 0.717) is 24.2 Å². The zero-order chi connectivity index (χ0) is 27.3. The van der Waals surface area contributed by atoms with Gasteiger partial charge in [0, 0.05) is 18.4 Å². The number of nitrogens with zero attached hydrogens (tertiary/aromatic N) is 3. The third kappa shape index (κ3) is 10.7. The van der Waals surface area contributed by atoms with Gasteiger partial charge in [-0.1, -0.05) is 18.2 Å². The molecule has 0 aliphatic heterocycles. The summed E-state index contributed by atoms with van der Waals surface area (Å²) in [6.07, 6.45) is -3.21. The first kappa shape index (κ1) is 29.7. The average Bonchev–Trinajstić information content (AvgIpc) is 2.78. The highest BCUT2D eigenvalue weighted by molar-refractivity contribution is 5.76. The minimum atomic E-state index is -5.08. The number of nitrogens with two attached hydrogens (primary N) is 2. The number of hydrogen-bond donors (Lipinski definition) is 5. The molecule has 36 heavy (non-hydrogen) atoms. The molecular formula is C20H25F4N7O5. The fourth-order valence-electron chi connectivity index (χ4n) is 2.46. The molecule has 0 atom stereocenters. The van der Waals surface area contributed by atoms with Crippen molar-refractivity contribution in [1.29, 1.82) is 0 Å². The van der Waals surface area contributed by atoms with Gasteiger partial charge in [-0.3, -0.25) is 14.2 Å². The molecule has 0 saturated carbocycles. The van der Waals surface area contributed by atoms with Crippen LogP contribution >= 0.6 is 0 Å². The van der Waals surface area contributed by atoms with E-state index in [2.05, 4.69) is 20.8 Å². The van der Waals surface area contributed by atoms with E-state index in [4.69, 9.17) is 26.2 Å². The maximum Gasteiger partial charge on any atom is 0.490 e. The van der Waals surface area contributed by atoms with E-state index >= 15 is 0 Å². The van der Waals surface area contributed by atoms with Crippen molar-refractivity contribution >= 4 is 23.7 Å². The Morgan fingerprint density at radius 3 is 2.44 bits per heavy atom. The lowest BCUT2D eigenvalue weighted by Gasteiger charge is -2.12. The Morgan fingerprint density at radius 2 is 1.86 bits per heavy atom. The van der Waals surface area contributed by atoms with E-state index in [1.54, 1.807) is 25.1 Å². The standard InChI is InChI=1S/C18H24FN7O3.C2HF3O2/c1-12-10-24-16(23-7-6-13-4-2-3-5-14(13)19)17(28)26(12)11-15(27)22-8-9-29-25-18(20)21;3-2(4,5)1(6)7/h2-5,10H,6-9,11H2,1H3,(H,22,27)(H,23,24)(H4,20,21,25);(H,6,7). The van der Waals surface area contributed by atoms with Gasteiger partial charge in [0.2, 0.25) is 11.9 Å². The largest absolute Gasteiger partial charge is 0.490 e. The van der Waals surface area contributed by atoms with Gasteiger partial charge in [-0.15, -0.1) is 0 Å². The van der Waals surface area contributed by atoms with Crippen LogP contribution in [-0.2, 0) is 27.4 Å². The molecule has 0 spiro atoms. The highest BCUT2D eigenvalue weighted by Gasteiger charge is 2.38. The quantitative estimate of drug-likeness (QED) is 0.0967. The number of aryl methyl sites for hydroxylation is 1. The summed E-state index contributed by atoms with van der Waals surface area (Å²) in [5.41, 5.74) is 10.8. The molecule has 7 N–H and O–H groups in total. The zero-order valence-corrected chi connectivity index (χ0v) is 19.0. The number of carbonyl (C=O) groups excluding carboxylic acids is 1. The van der Waals surface area contributed by atoms with Crippen molar-refractivity contribution in [2.75, 3.05) is 25.0 Å². The van der Waals surface area contributed by atoms with E-state index in [1.165, 1.54) is 16.8 Å². The predicted molar refractivity (Wildman–Crippen MR) is 120 cm³/mol. The van der Waals surface area contributed by atoms with Gasteiger partial charge in [-0.05, 0) is 30.1 Å². The molecule has 0 unspecified atom stereocenters. The fraction of sp³-hybridized carbons (Fsp3) is 0.350. The first-order chi connectivity index (χ1) is 16.8. The minimum absolute atomic E-state index is 0.0801. The van der Waals surface area contributed by atoms with E-state index < -0.39 is 17.7 Å². The second-order valence-corrected chi connectivity index (χ2v) is 6.91. The Balaban J connectivity index is 0.000000809. The number of nitrogens with one attached hydrogen (secondary N) is 2. The van der Waals surface area contributed by atoms with Crippen LogP contribution in [0, 0.1) is 12.7 Å². The Morgan fingerprint density at radius 1 is 1.22 bits per heavy atom. The number of rotatable bonds is 10. The van der Waals surface area contributed by atoms with Crippen molar-refractivity contribution in [3.05, 3.63) is 57.9 Å². The molecule has 1 amide bonds. The minimum Gasteiger partial charge on any atom is -0.475 e. The topological polar surface area (TPSA) is 187 Å². The molecule has 0 aliphatic rings. The van der Waals surface area contributed by atoms with Crippen LogP contribution in [0.4, 0.5) is 23.4 Å². The van der Waals surface area contributed by atoms with Crippen LogP contribution in [0.25, 0.3) is 0 Å². The van der Waals surface area contributed by atoms with Crippen LogP contribution in [0.1, 0.15) is 11.3 Å². The Labute approximate surface area is 201 Å². The van der Waals surface area contributed by atoms with Crippen molar-refractivity contribution < 1.29 is 37.1 Å². The summed E-state index contributed by atoms with van der Waals surface area (Å²) in [7, 11) is 0. The summed E-state index contributed by atoms with van der Waals surface area (Å²) in [5.74, 6) is -3.57. The van der Waals surface area contributed by atoms with Crippen molar-refractivity contribution in [1.82, 2.24) is 14.9 Å². The number of carboxylic acids is 1. The van der Waals surface area contributed by atoms with Crippen molar-refractivity contribution in [2.45, 2.75) is 26.1 Å². The van der Waals surface area contributed by atoms with Crippen LogP contribution in [0.3, 0.4) is 0 Å². The summed E-state index contributed by atoms with van der Waals surface area (Å²) in [5, 5.41) is 15.9. The van der Waals surface area contributed by atoms with Crippen LogP contribution in [-0.4, -0.2) is 58.4 Å². The van der Waals surface area contributed by atoms with Gasteiger partial charge in [-0.25, -0.2) is 14.2 Å². The Hall–Kier alpha value is -4.37. The molecular weight excluding hydrogens is 494 g/mol. The molecule has 16 heteroatoms. The first-order valence-electron chi connectivity index (χ1n) is 10.1. The zero-order valence-electron chi connectivity index (χ0n) is 19.0. The number of aromatic nitrogens is 2. The lowest BCUT2D eigenvalue weighted by atomic mass is 10.1. The number of halogens is 4. The second-order valence-electron chi connectivity index (χ2n) is 6.91. The molecule has 2 aromatic rings. The van der Waals surface area contributed by atoms with Gasteiger partial charge in [0.15, 0.2) is 5.82 Å². The maximum atomic E-state index is 13.7. The Kier molecular flexibility index (Phi) is 11.6. The second kappa shape index (κ2) is 14.1. The van der Waals surface area contributed by atoms with Crippen LogP contribution in [0.15, 0.2) is 40.4 Å². The van der Waals surface area contributed by atoms with E-state index in [0.717, 1.165) is 0 Å². The number of amides is 1. The number of carboxylic acid groups (broad SMARTS) is 1. The van der Waals surface area contributed by atoms with Crippen molar-refractivity contribution in [3.63, 3.8) is 0 Å². The van der Waals surface area contributed by atoms with Crippen LogP contribution in [0.2, 0.25) is 0 Å². The molecule has 0 fully saturated rings. The fourth-order valence-corrected chi connectivity index (χ4v) is 2.46. The number of anilines is 1. The van der Waals surface area contributed by atoms with Gasteiger partial charge in [0.1, 0.15) is 19.0 Å². The van der Waals surface area contributed by atoms with E-state index in [1.807, 2.05) is 0 Å². The van der Waals surface area contributed by atoms with Gasteiger partial charge in [0.05, 0.1) is 6.54 Å². The normalized spacial score (nSPS) is 10.5. The molecule has 1 aromatic carbocycles. The number of alkyl halides is 3. The van der Waals surface area contributed by atoms with E-state index in [-0.39, 0.29) is 43.2 Å². The van der Waals surface area contributed by atoms with Gasteiger partial charge >= 0.3 is 12.1 Å². The molecule has 2 rings (SSSR count). The third-order valence-electron chi connectivity index (χ3n) is 4.13. The highest BCUT2D eigenvalue weighted by Crippen LogP contribution is 2.13. The number of benzene rings is 1. The molecule has 0 bridgehead atoms. The monoisotopic (exact) mass is 519 g/mol. The summed E-state index contributed by atoms with van der Waals surface area (Å²) in [4.78, 5) is 42.4. The lowest BCUT2D eigenvalue weighted by Crippen LogP contribution is -2.36. The van der Waals surface area contributed by atoms with Crippen molar-refractivity contribution in [3.8, 4) is 0 Å². The Bertz CT molecular complexity index is 1120. The molecule has 0 saturated heterocycles. The molecule has 0 aliphatic carbocycles. The molecule has 0 radical (unpaired) electrons. The summed E-state index contributed by atoms with van der Waals surface area (Å²) in [6, 6.07) is 6.42. The number of carbonyl (C=O) groups is 2. The summed E-state index contributed by atoms with van der Waals surface area (Å²) < 4.78 is 46.7. The van der Waals surface area contributed by atoms with Crippen LogP contribution in [0.5, 0.6) is 0 Å². The first-order valence-corrected chi connectivity index (χ1v) is 10.1. The molecule has 1 heterocycles. The SMILES string of the molecule is Cc1cnc(NCCc2ccccc2F)c(=O)n1CC(=O)NCCON=C(N)N.O=C(O)C(F)(F)F. The highest BCUT2D eigenvalue weighted by atomic mass is 19.4. The number of guanidine groups is 1. The smallest absolute Gasteiger partial charge is 0.475 e. The van der Waals surface area contributed by atoms with Crippen molar-refractivity contribution in [2.24, 2.45) is 16.6 Å². The van der Waals surface area contributed by atoms with Gasteiger partial charge in [-0.2, -0.15) is 13.2 Å². The lowest BCUT2D eigenvalue weighted by molar-refractivity contribution is -0.192. The van der Waals surface area contributed by atoms with Gasteiger partial charge < -0.3 is 32.0 Å². The summed E-state index contributed by atoms with van der Waals surface area (Å²) in [6.45, 7) is 2.06.